The molecule has 1 aliphatic heterocycles. The summed E-state index contributed by atoms with van der Waals surface area (Å²) < 4.78 is 10.1. The molecule has 106 valence electrons. The molecule has 0 aromatic heterocycles. The maximum absolute atomic E-state index is 12.4. The highest BCUT2D eigenvalue weighted by Gasteiger charge is 2.36. The molecule has 20 heavy (non-hydrogen) atoms. The molecule has 6 heteroatoms. The maximum atomic E-state index is 12.4. The summed E-state index contributed by atoms with van der Waals surface area (Å²) >= 11 is 5.97. The molecule has 0 aliphatic carbocycles. The number of fused-ring (bicyclic) bond motifs is 1. The van der Waals surface area contributed by atoms with Crippen LogP contribution in [-0.2, 0) is 14.3 Å². The molecular formula is C14H13ClO5. The highest BCUT2D eigenvalue weighted by molar-refractivity contribution is 6.40. The molecule has 0 amide bonds. The average molecular weight is 297 g/mol. The van der Waals surface area contributed by atoms with Crippen LogP contribution in [0.2, 0.25) is 5.02 Å². The molecule has 1 heterocycles. The first-order valence-corrected chi connectivity index (χ1v) is 6.60. The minimum absolute atomic E-state index is 0.0877. The number of halogens is 1. The minimum atomic E-state index is -1.08. The van der Waals surface area contributed by atoms with Gasteiger partial charge in [0.15, 0.2) is 5.78 Å². The molecule has 1 aliphatic rings. The third-order valence-corrected chi connectivity index (χ3v) is 3.29. The van der Waals surface area contributed by atoms with E-state index in [1.807, 2.05) is 0 Å². The molecular weight excluding hydrogens is 284 g/mol. The lowest BCUT2D eigenvalue weighted by atomic mass is 9.91. The monoisotopic (exact) mass is 296 g/mol. The van der Waals surface area contributed by atoms with E-state index >= 15 is 0 Å². The molecule has 0 fully saturated rings. The van der Waals surface area contributed by atoms with Gasteiger partial charge in [-0.1, -0.05) is 17.7 Å². The zero-order chi connectivity index (χ0) is 14.7. The van der Waals surface area contributed by atoms with Crippen molar-refractivity contribution in [1.29, 1.82) is 0 Å². The van der Waals surface area contributed by atoms with Crippen LogP contribution in [0.4, 0.5) is 0 Å². The molecule has 0 spiro atoms. The Bertz CT molecular complexity index is 567. The van der Waals surface area contributed by atoms with Gasteiger partial charge in [-0.3, -0.25) is 9.59 Å². The van der Waals surface area contributed by atoms with Crippen molar-refractivity contribution >= 4 is 29.1 Å². The van der Waals surface area contributed by atoms with Gasteiger partial charge in [-0.15, -0.1) is 0 Å². The van der Waals surface area contributed by atoms with Crippen molar-refractivity contribution in [3.63, 3.8) is 0 Å². The van der Waals surface area contributed by atoms with Gasteiger partial charge in [0.1, 0.15) is 5.75 Å². The molecule has 5 nitrogen and oxygen atoms in total. The first-order valence-electron chi connectivity index (χ1n) is 6.22. The summed E-state index contributed by atoms with van der Waals surface area (Å²) in [5.74, 6) is -3.10. The molecule has 0 radical (unpaired) electrons. The van der Waals surface area contributed by atoms with E-state index in [4.69, 9.17) is 16.3 Å². The summed E-state index contributed by atoms with van der Waals surface area (Å²) in [5.41, 5.74) is 0.220. The Morgan fingerprint density at radius 3 is 2.90 bits per heavy atom. The topological polar surface area (TPSA) is 69.7 Å². The minimum Gasteiger partial charge on any atom is -0.491 e. The van der Waals surface area contributed by atoms with Crippen LogP contribution in [0, 0.1) is 5.92 Å². The zero-order valence-corrected chi connectivity index (χ0v) is 11.6. The lowest BCUT2D eigenvalue weighted by molar-refractivity contribution is -0.154. The van der Waals surface area contributed by atoms with Crippen LogP contribution in [0.1, 0.15) is 23.7 Å². The van der Waals surface area contributed by atoms with Gasteiger partial charge in [0.25, 0.3) is 5.78 Å². The van der Waals surface area contributed by atoms with E-state index in [-0.39, 0.29) is 30.9 Å². The number of hydrogen-bond donors (Lipinski definition) is 0. The second kappa shape index (κ2) is 6.05. The summed E-state index contributed by atoms with van der Waals surface area (Å²) in [6, 6.07) is 4.72. The first-order chi connectivity index (χ1) is 9.56. The van der Waals surface area contributed by atoms with Gasteiger partial charge in [-0.05, 0) is 25.5 Å². The molecule has 0 N–H and O–H groups in total. The van der Waals surface area contributed by atoms with Gasteiger partial charge in [0, 0.05) is 0 Å². The number of ketones is 2. The average Bonchev–Trinajstić information content (AvgIpc) is 2.59. The van der Waals surface area contributed by atoms with Gasteiger partial charge in [0.05, 0.1) is 29.7 Å². The van der Waals surface area contributed by atoms with Crippen molar-refractivity contribution < 1.29 is 23.9 Å². The summed E-state index contributed by atoms with van der Waals surface area (Å²) in [6.45, 7) is 1.82. The lowest BCUT2D eigenvalue weighted by Gasteiger charge is -2.10. The summed E-state index contributed by atoms with van der Waals surface area (Å²) in [5, 5.41) is 0.306. The van der Waals surface area contributed by atoms with Crippen LogP contribution in [0.3, 0.4) is 0 Å². The fraction of sp³-hybridized carbons (Fsp3) is 0.357. The van der Waals surface area contributed by atoms with Crippen molar-refractivity contribution in [3.05, 3.63) is 28.8 Å². The number of carbonyl (C=O) groups excluding carboxylic acids is 3. The van der Waals surface area contributed by atoms with Crippen molar-refractivity contribution in [2.45, 2.75) is 13.3 Å². The number of Topliss-reactive ketones (excluding diaryl/α,β-unsaturated/α-hetero) is 2. The van der Waals surface area contributed by atoms with Crippen LogP contribution in [0.5, 0.6) is 5.75 Å². The van der Waals surface area contributed by atoms with E-state index in [1.54, 1.807) is 19.1 Å². The maximum Gasteiger partial charge on any atom is 0.375 e. The zero-order valence-electron chi connectivity index (χ0n) is 10.8. The Hall–Kier alpha value is -1.88. The SMILES string of the molecule is CCOC(=O)C(=O)C1CCOc2c(Cl)cccc2C1=O. The van der Waals surface area contributed by atoms with Gasteiger partial charge in [0.2, 0.25) is 0 Å². The Labute approximate surface area is 120 Å². The first kappa shape index (κ1) is 14.5. The number of carbonyl (C=O) groups is 3. The molecule has 1 aromatic carbocycles. The Kier molecular flexibility index (Phi) is 4.39. The largest absolute Gasteiger partial charge is 0.491 e. The molecule has 0 saturated heterocycles. The Morgan fingerprint density at radius 1 is 1.45 bits per heavy atom. The third-order valence-electron chi connectivity index (χ3n) is 2.99. The fourth-order valence-electron chi connectivity index (χ4n) is 2.04. The summed E-state index contributed by atoms with van der Waals surface area (Å²) in [7, 11) is 0. The number of rotatable bonds is 3. The molecule has 2 rings (SSSR count). The van der Waals surface area contributed by atoms with E-state index in [0.717, 1.165) is 0 Å². The van der Waals surface area contributed by atoms with E-state index in [9.17, 15) is 14.4 Å². The number of esters is 1. The molecule has 1 unspecified atom stereocenters. The normalized spacial score (nSPS) is 17.7. The Morgan fingerprint density at radius 2 is 2.20 bits per heavy atom. The van der Waals surface area contributed by atoms with Crippen molar-refractivity contribution in [2.75, 3.05) is 13.2 Å². The van der Waals surface area contributed by atoms with Crippen molar-refractivity contribution in [2.24, 2.45) is 5.92 Å². The number of hydrogen-bond acceptors (Lipinski definition) is 5. The quantitative estimate of drug-likeness (QED) is 0.485. The predicted molar refractivity (Wildman–Crippen MR) is 71.0 cm³/mol. The second-order valence-corrected chi connectivity index (χ2v) is 4.66. The van der Waals surface area contributed by atoms with Crippen molar-refractivity contribution in [3.8, 4) is 5.75 Å². The van der Waals surface area contributed by atoms with Crippen LogP contribution in [0.25, 0.3) is 0 Å². The van der Waals surface area contributed by atoms with E-state index in [2.05, 4.69) is 4.74 Å². The standard InChI is InChI=1S/C14H13ClO5/c1-2-19-14(18)12(17)8-6-7-20-13-9(11(8)16)4-3-5-10(13)15/h3-5,8H,2,6-7H2,1H3. The number of para-hydroxylation sites is 1. The van der Waals surface area contributed by atoms with Crippen LogP contribution in [0.15, 0.2) is 18.2 Å². The van der Waals surface area contributed by atoms with Gasteiger partial charge in [-0.2, -0.15) is 0 Å². The molecule has 1 aromatic rings. The smallest absolute Gasteiger partial charge is 0.375 e. The van der Waals surface area contributed by atoms with Gasteiger partial charge in [-0.25, -0.2) is 4.79 Å². The van der Waals surface area contributed by atoms with Crippen LogP contribution < -0.4 is 4.74 Å². The predicted octanol–water partition coefficient (Wildman–Crippen LogP) is 2.05. The molecule has 0 saturated carbocycles. The van der Waals surface area contributed by atoms with E-state index < -0.39 is 23.5 Å². The van der Waals surface area contributed by atoms with Gasteiger partial charge >= 0.3 is 5.97 Å². The highest BCUT2D eigenvalue weighted by Crippen LogP contribution is 2.33. The lowest BCUT2D eigenvalue weighted by Crippen LogP contribution is -2.31. The number of ether oxygens (including phenoxy) is 2. The van der Waals surface area contributed by atoms with Crippen LogP contribution in [-0.4, -0.2) is 30.7 Å². The number of benzene rings is 1. The highest BCUT2D eigenvalue weighted by atomic mass is 35.5. The molecule has 0 bridgehead atoms. The van der Waals surface area contributed by atoms with Gasteiger partial charge < -0.3 is 9.47 Å². The molecule has 1 atom stereocenters. The van der Waals surface area contributed by atoms with E-state index in [1.165, 1.54) is 6.07 Å². The Balaban J connectivity index is 2.32. The summed E-state index contributed by atoms with van der Waals surface area (Å²) in [6.07, 6.45) is 0.126. The second-order valence-electron chi connectivity index (χ2n) is 4.26. The fourth-order valence-corrected chi connectivity index (χ4v) is 2.27. The van der Waals surface area contributed by atoms with Crippen molar-refractivity contribution in [1.82, 2.24) is 0 Å². The van der Waals surface area contributed by atoms with E-state index in [0.29, 0.717) is 5.02 Å². The summed E-state index contributed by atoms with van der Waals surface area (Å²) in [4.78, 5) is 35.8. The van der Waals surface area contributed by atoms with Crippen LogP contribution >= 0.6 is 11.6 Å². The third kappa shape index (κ3) is 2.67.